The number of hydrogen-bond acceptors (Lipinski definition) is 3. The zero-order valence-corrected chi connectivity index (χ0v) is 11.3. The number of benzene rings is 1. The van der Waals surface area contributed by atoms with Crippen molar-refractivity contribution < 1.29 is 13.9 Å². The van der Waals surface area contributed by atoms with Gasteiger partial charge in [-0.15, -0.1) is 0 Å². The SMILES string of the molecule is COc1cc(CNC(=O)c2ccc(F)c(C)c2)ccn1. The van der Waals surface area contributed by atoms with E-state index in [0.717, 1.165) is 5.56 Å². The first-order chi connectivity index (χ1) is 9.60. The number of nitrogens with one attached hydrogen (secondary N) is 1. The highest BCUT2D eigenvalue weighted by Gasteiger charge is 2.07. The number of pyridine rings is 1. The zero-order valence-electron chi connectivity index (χ0n) is 11.3. The number of aryl methyl sites for hydroxylation is 1. The van der Waals surface area contributed by atoms with Crippen LogP contribution in [0.2, 0.25) is 0 Å². The van der Waals surface area contributed by atoms with Gasteiger partial charge in [0.25, 0.3) is 5.91 Å². The molecule has 1 amide bonds. The van der Waals surface area contributed by atoms with E-state index in [1.165, 1.54) is 25.3 Å². The third kappa shape index (κ3) is 3.32. The molecule has 0 saturated heterocycles. The summed E-state index contributed by atoms with van der Waals surface area (Å²) in [7, 11) is 1.53. The Kier molecular flexibility index (Phi) is 4.30. The number of methoxy groups -OCH3 is 1. The van der Waals surface area contributed by atoms with Gasteiger partial charge in [-0.05, 0) is 42.3 Å². The number of amides is 1. The van der Waals surface area contributed by atoms with Crippen LogP contribution in [0, 0.1) is 12.7 Å². The lowest BCUT2D eigenvalue weighted by Crippen LogP contribution is -2.23. The molecule has 5 heteroatoms. The van der Waals surface area contributed by atoms with E-state index in [-0.39, 0.29) is 11.7 Å². The number of halogens is 1. The minimum absolute atomic E-state index is 0.246. The molecule has 0 radical (unpaired) electrons. The minimum atomic E-state index is -0.319. The fraction of sp³-hybridized carbons (Fsp3) is 0.200. The van der Waals surface area contributed by atoms with Crippen LogP contribution in [0.15, 0.2) is 36.5 Å². The number of nitrogens with zero attached hydrogens (tertiary/aromatic N) is 1. The maximum absolute atomic E-state index is 13.1. The van der Waals surface area contributed by atoms with Crippen LogP contribution in [0.4, 0.5) is 4.39 Å². The van der Waals surface area contributed by atoms with Crippen molar-refractivity contribution in [3.63, 3.8) is 0 Å². The Morgan fingerprint density at radius 3 is 2.85 bits per heavy atom. The molecule has 0 bridgehead atoms. The van der Waals surface area contributed by atoms with Crippen LogP contribution in [0.5, 0.6) is 5.88 Å². The van der Waals surface area contributed by atoms with E-state index >= 15 is 0 Å². The van der Waals surface area contributed by atoms with Gasteiger partial charge in [-0.1, -0.05) is 0 Å². The van der Waals surface area contributed by atoms with E-state index < -0.39 is 0 Å². The number of hydrogen-bond donors (Lipinski definition) is 1. The first-order valence-electron chi connectivity index (χ1n) is 6.13. The lowest BCUT2D eigenvalue weighted by molar-refractivity contribution is 0.0950. The second kappa shape index (κ2) is 6.14. The van der Waals surface area contributed by atoms with Gasteiger partial charge in [-0.3, -0.25) is 4.79 Å². The number of carbonyl (C=O) groups excluding carboxylic acids is 1. The highest BCUT2D eigenvalue weighted by atomic mass is 19.1. The Hall–Kier alpha value is -2.43. The fourth-order valence-electron chi connectivity index (χ4n) is 1.74. The van der Waals surface area contributed by atoms with Crippen molar-refractivity contribution in [1.29, 1.82) is 0 Å². The molecule has 2 aromatic rings. The fourth-order valence-corrected chi connectivity index (χ4v) is 1.74. The second-order valence-electron chi connectivity index (χ2n) is 4.35. The maximum Gasteiger partial charge on any atom is 0.251 e. The smallest absolute Gasteiger partial charge is 0.251 e. The number of carbonyl (C=O) groups is 1. The average molecular weight is 274 g/mol. The van der Waals surface area contributed by atoms with Crippen molar-refractivity contribution in [3.8, 4) is 5.88 Å². The van der Waals surface area contributed by atoms with E-state index in [9.17, 15) is 9.18 Å². The summed E-state index contributed by atoms with van der Waals surface area (Å²) in [6.07, 6.45) is 1.61. The van der Waals surface area contributed by atoms with Gasteiger partial charge >= 0.3 is 0 Å². The van der Waals surface area contributed by atoms with Gasteiger partial charge in [0.15, 0.2) is 0 Å². The Labute approximate surface area is 116 Å². The molecule has 4 nitrogen and oxygen atoms in total. The molecule has 1 N–H and O–H groups in total. The van der Waals surface area contributed by atoms with Gasteiger partial charge in [0, 0.05) is 24.4 Å². The van der Waals surface area contributed by atoms with E-state index in [2.05, 4.69) is 10.3 Å². The number of aromatic nitrogens is 1. The molecular weight excluding hydrogens is 259 g/mol. The summed E-state index contributed by atoms with van der Waals surface area (Å²) in [4.78, 5) is 15.9. The van der Waals surface area contributed by atoms with Crippen LogP contribution in [0.25, 0.3) is 0 Å². The molecule has 0 saturated carbocycles. The Morgan fingerprint density at radius 2 is 2.15 bits per heavy atom. The summed E-state index contributed by atoms with van der Waals surface area (Å²) in [5.41, 5.74) is 1.76. The van der Waals surface area contributed by atoms with Crippen LogP contribution in [-0.4, -0.2) is 18.0 Å². The number of ether oxygens (including phenoxy) is 1. The summed E-state index contributed by atoms with van der Waals surface area (Å²) in [6, 6.07) is 7.82. The van der Waals surface area contributed by atoms with Crippen molar-refractivity contribution in [2.24, 2.45) is 0 Å². The van der Waals surface area contributed by atoms with Gasteiger partial charge in [-0.25, -0.2) is 9.37 Å². The third-order valence-corrected chi connectivity index (χ3v) is 2.88. The van der Waals surface area contributed by atoms with Crippen LogP contribution >= 0.6 is 0 Å². The molecule has 104 valence electrons. The highest BCUT2D eigenvalue weighted by Crippen LogP contribution is 2.11. The first-order valence-corrected chi connectivity index (χ1v) is 6.13. The van der Waals surface area contributed by atoms with Gasteiger partial charge in [0.1, 0.15) is 5.82 Å². The van der Waals surface area contributed by atoms with Crippen molar-refractivity contribution in [3.05, 3.63) is 59.0 Å². The molecule has 0 fully saturated rings. The lowest BCUT2D eigenvalue weighted by atomic mass is 10.1. The van der Waals surface area contributed by atoms with Crippen LogP contribution in [0.3, 0.4) is 0 Å². The van der Waals surface area contributed by atoms with Gasteiger partial charge < -0.3 is 10.1 Å². The van der Waals surface area contributed by atoms with Gasteiger partial charge in [-0.2, -0.15) is 0 Å². The molecular formula is C15H15FN2O2. The average Bonchev–Trinajstić information content (AvgIpc) is 2.47. The molecule has 20 heavy (non-hydrogen) atoms. The maximum atomic E-state index is 13.1. The quantitative estimate of drug-likeness (QED) is 0.931. The molecule has 0 unspecified atom stereocenters. The van der Waals surface area contributed by atoms with Gasteiger partial charge in [0.2, 0.25) is 5.88 Å². The normalized spacial score (nSPS) is 10.2. The summed E-state index contributed by atoms with van der Waals surface area (Å²) >= 11 is 0. The molecule has 1 aromatic heterocycles. The molecule has 0 aliphatic carbocycles. The topological polar surface area (TPSA) is 51.2 Å². The van der Waals surface area contributed by atoms with Crippen molar-refractivity contribution in [2.75, 3.05) is 7.11 Å². The molecule has 0 aliphatic heterocycles. The minimum Gasteiger partial charge on any atom is -0.481 e. The molecule has 0 spiro atoms. The molecule has 0 aliphatic rings. The van der Waals surface area contributed by atoms with Gasteiger partial charge in [0.05, 0.1) is 7.11 Å². The third-order valence-electron chi connectivity index (χ3n) is 2.88. The van der Waals surface area contributed by atoms with E-state index in [1.54, 1.807) is 25.3 Å². The predicted octanol–water partition coefficient (Wildman–Crippen LogP) is 2.47. The molecule has 0 atom stereocenters. The van der Waals surface area contributed by atoms with Crippen molar-refractivity contribution in [2.45, 2.75) is 13.5 Å². The summed E-state index contributed by atoms with van der Waals surface area (Å²) in [6.45, 7) is 1.98. The molecule has 1 heterocycles. The van der Waals surface area contributed by atoms with Crippen molar-refractivity contribution in [1.82, 2.24) is 10.3 Å². The van der Waals surface area contributed by atoms with E-state index in [1.807, 2.05) is 0 Å². The number of rotatable bonds is 4. The standard InChI is InChI=1S/C15H15FN2O2/c1-10-7-12(3-4-13(10)16)15(19)18-9-11-5-6-17-14(8-11)20-2/h3-8H,9H2,1-2H3,(H,18,19). The Bertz CT molecular complexity index is 629. The summed E-state index contributed by atoms with van der Waals surface area (Å²) < 4.78 is 18.2. The monoisotopic (exact) mass is 274 g/mol. The van der Waals surface area contributed by atoms with Crippen LogP contribution in [0.1, 0.15) is 21.5 Å². The van der Waals surface area contributed by atoms with Crippen LogP contribution in [-0.2, 0) is 6.54 Å². The zero-order chi connectivity index (χ0) is 14.5. The highest BCUT2D eigenvalue weighted by molar-refractivity contribution is 5.94. The second-order valence-corrected chi connectivity index (χ2v) is 4.35. The van der Waals surface area contributed by atoms with Crippen LogP contribution < -0.4 is 10.1 Å². The van der Waals surface area contributed by atoms with Crippen molar-refractivity contribution >= 4 is 5.91 Å². The largest absolute Gasteiger partial charge is 0.481 e. The van der Waals surface area contributed by atoms with E-state index in [0.29, 0.717) is 23.6 Å². The first kappa shape index (κ1) is 14.0. The lowest BCUT2D eigenvalue weighted by Gasteiger charge is -2.07. The predicted molar refractivity (Wildman–Crippen MR) is 73.1 cm³/mol. The summed E-state index contributed by atoms with van der Waals surface area (Å²) in [5, 5.41) is 2.77. The summed E-state index contributed by atoms with van der Waals surface area (Å²) in [5.74, 6) is -0.0707. The Balaban J connectivity index is 2.02. The Morgan fingerprint density at radius 1 is 1.35 bits per heavy atom. The van der Waals surface area contributed by atoms with E-state index in [4.69, 9.17) is 4.74 Å². The molecule has 1 aromatic carbocycles. The molecule has 2 rings (SSSR count).